The van der Waals surface area contributed by atoms with Crippen LogP contribution in [-0.2, 0) is 0 Å². The summed E-state index contributed by atoms with van der Waals surface area (Å²) in [4.78, 5) is 0. The largest absolute Gasteiger partial charge is 0.493 e. The Morgan fingerprint density at radius 1 is 1.14 bits per heavy atom. The minimum absolute atomic E-state index is 0.350. The van der Waals surface area contributed by atoms with Gasteiger partial charge >= 0.3 is 0 Å². The summed E-state index contributed by atoms with van der Waals surface area (Å²) in [6, 6.07) is 6.54. The second-order valence-electron chi connectivity index (χ2n) is 5.93. The van der Waals surface area contributed by atoms with Crippen LogP contribution in [-0.4, -0.2) is 20.8 Å². The quantitative estimate of drug-likeness (QED) is 0.811. The van der Waals surface area contributed by atoms with Gasteiger partial charge in [0.05, 0.1) is 14.2 Å². The molecule has 1 aromatic carbocycles. The fourth-order valence-electron chi connectivity index (χ4n) is 3.51. The zero-order valence-corrected chi connectivity index (χ0v) is 13.7. The molecule has 2 rings (SSSR count). The van der Waals surface area contributed by atoms with Crippen molar-refractivity contribution in [1.82, 2.24) is 5.32 Å². The number of hydrogen-bond acceptors (Lipinski definition) is 3. The molecular weight excluding hydrogens is 262 g/mol. The molecule has 0 spiro atoms. The predicted molar refractivity (Wildman–Crippen MR) is 87.2 cm³/mol. The molecule has 0 aliphatic heterocycles. The van der Waals surface area contributed by atoms with Crippen LogP contribution in [0, 0.1) is 5.92 Å². The van der Waals surface area contributed by atoms with Gasteiger partial charge < -0.3 is 14.8 Å². The second kappa shape index (κ2) is 8.28. The minimum Gasteiger partial charge on any atom is -0.493 e. The average molecular weight is 291 g/mol. The standard InChI is InChI=1S/C18H29NO2/c1-4-19-16(13-14-9-6-5-7-10-14)15-11-8-12-17(20-2)18(15)21-3/h8,11-12,14,16,19H,4-7,9-10,13H2,1-3H3. The van der Waals surface area contributed by atoms with Gasteiger partial charge in [0.25, 0.3) is 0 Å². The lowest BCUT2D eigenvalue weighted by atomic mass is 9.83. The SMILES string of the molecule is CCNC(CC1CCCCC1)c1cccc(OC)c1OC. The van der Waals surface area contributed by atoms with Gasteiger partial charge in [-0.15, -0.1) is 0 Å². The van der Waals surface area contributed by atoms with Crippen molar-refractivity contribution in [2.45, 2.75) is 51.5 Å². The highest BCUT2D eigenvalue weighted by atomic mass is 16.5. The lowest BCUT2D eigenvalue weighted by Crippen LogP contribution is -2.25. The van der Waals surface area contributed by atoms with Crippen molar-refractivity contribution in [2.24, 2.45) is 5.92 Å². The summed E-state index contributed by atoms with van der Waals surface area (Å²) in [6.07, 6.45) is 8.11. The van der Waals surface area contributed by atoms with E-state index in [1.165, 1.54) is 44.1 Å². The van der Waals surface area contributed by atoms with E-state index in [2.05, 4.69) is 24.4 Å². The maximum Gasteiger partial charge on any atom is 0.165 e. The van der Waals surface area contributed by atoms with Gasteiger partial charge in [0.2, 0.25) is 0 Å². The molecular formula is C18H29NO2. The Kier molecular flexibility index (Phi) is 6.37. The molecule has 0 heterocycles. The van der Waals surface area contributed by atoms with Gasteiger partial charge in [-0.25, -0.2) is 0 Å². The van der Waals surface area contributed by atoms with Crippen molar-refractivity contribution in [1.29, 1.82) is 0 Å². The fourth-order valence-corrected chi connectivity index (χ4v) is 3.51. The van der Waals surface area contributed by atoms with Crippen molar-refractivity contribution < 1.29 is 9.47 Å². The summed E-state index contributed by atoms with van der Waals surface area (Å²) >= 11 is 0. The number of hydrogen-bond donors (Lipinski definition) is 1. The summed E-state index contributed by atoms with van der Waals surface area (Å²) in [5, 5.41) is 3.64. The normalized spacial score (nSPS) is 17.5. The van der Waals surface area contributed by atoms with Crippen LogP contribution < -0.4 is 14.8 Å². The molecule has 1 aliphatic carbocycles. The lowest BCUT2D eigenvalue weighted by molar-refractivity contribution is 0.294. The van der Waals surface area contributed by atoms with E-state index in [-0.39, 0.29) is 0 Å². The zero-order valence-electron chi connectivity index (χ0n) is 13.7. The van der Waals surface area contributed by atoms with Gasteiger partial charge in [-0.1, -0.05) is 51.2 Å². The first-order valence-corrected chi connectivity index (χ1v) is 8.24. The topological polar surface area (TPSA) is 30.5 Å². The van der Waals surface area contributed by atoms with Gasteiger partial charge in [-0.2, -0.15) is 0 Å². The van der Waals surface area contributed by atoms with E-state index >= 15 is 0 Å². The summed E-state index contributed by atoms with van der Waals surface area (Å²) in [5.74, 6) is 2.53. The lowest BCUT2D eigenvalue weighted by Gasteiger charge is -2.28. The molecule has 0 aromatic heterocycles. The third kappa shape index (κ3) is 4.13. The number of para-hydroxylation sites is 1. The third-order valence-corrected chi connectivity index (χ3v) is 4.55. The van der Waals surface area contributed by atoms with Gasteiger partial charge in [0, 0.05) is 11.6 Å². The highest BCUT2D eigenvalue weighted by Crippen LogP contribution is 2.39. The van der Waals surface area contributed by atoms with Gasteiger partial charge in [0.15, 0.2) is 11.5 Å². The fraction of sp³-hybridized carbons (Fsp3) is 0.667. The van der Waals surface area contributed by atoms with E-state index in [1.807, 2.05) is 6.07 Å². The van der Waals surface area contributed by atoms with Crippen LogP contribution in [0.2, 0.25) is 0 Å². The molecule has 1 fully saturated rings. The highest BCUT2D eigenvalue weighted by molar-refractivity contribution is 5.48. The van der Waals surface area contributed by atoms with E-state index < -0.39 is 0 Å². The summed E-state index contributed by atoms with van der Waals surface area (Å²) < 4.78 is 11.1. The molecule has 118 valence electrons. The number of benzene rings is 1. The molecule has 0 radical (unpaired) electrons. The molecule has 0 saturated heterocycles. The van der Waals surface area contributed by atoms with E-state index in [9.17, 15) is 0 Å². The van der Waals surface area contributed by atoms with Crippen molar-refractivity contribution in [3.63, 3.8) is 0 Å². The number of ether oxygens (including phenoxy) is 2. The van der Waals surface area contributed by atoms with Crippen molar-refractivity contribution in [3.8, 4) is 11.5 Å². The second-order valence-corrected chi connectivity index (χ2v) is 5.93. The first kappa shape index (κ1) is 16.2. The Morgan fingerprint density at radius 3 is 2.52 bits per heavy atom. The smallest absolute Gasteiger partial charge is 0.165 e. The van der Waals surface area contributed by atoms with Crippen LogP contribution in [0.5, 0.6) is 11.5 Å². The average Bonchev–Trinajstić information content (AvgIpc) is 2.54. The molecule has 0 bridgehead atoms. The van der Waals surface area contributed by atoms with Gasteiger partial charge in [-0.05, 0) is 24.9 Å². The summed E-state index contributed by atoms with van der Waals surface area (Å²) in [7, 11) is 3.43. The summed E-state index contributed by atoms with van der Waals surface area (Å²) in [6.45, 7) is 3.14. The third-order valence-electron chi connectivity index (χ3n) is 4.55. The predicted octanol–water partition coefficient (Wildman–Crippen LogP) is 4.32. The Labute approximate surface area is 129 Å². The Morgan fingerprint density at radius 2 is 1.90 bits per heavy atom. The number of methoxy groups -OCH3 is 2. The van der Waals surface area contributed by atoms with Gasteiger partial charge in [-0.3, -0.25) is 0 Å². The maximum absolute atomic E-state index is 5.62. The van der Waals surface area contributed by atoms with E-state index in [4.69, 9.17) is 9.47 Å². The Hall–Kier alpha value is -1.22. The van der Waals surface area contributed by atoms with E-state index in [0.717, 1.165) is 24.0 Å². The molecule has 1 unspecified atom stereocenters. The first-order valence-electron chi connectivity index (χ1n) is 8.24. The molecule has 1 aliphatic rings. The summed E-state index contributed by atoms with van der Waals surface area (Å²) in [5.41, 5.74) is 1.23. The highest BCUT2D eigenvalue weighted by Gasteiger charge is 2.23. The van der Waals surface area contributed by atoms with Crippen molar-refractivity contribution in [3.05, 3.63) is 23.8 Å². The monoisotopic (exact) mass is 291 g/mol. The molecule has 0 amide bonds. The molecule has 21 heavy (non-hydrogen) atoms. The number of nitrogens with one attached hydrogen (secondary N) is 1. The number of rotatable bonds is 7. The molecule has 1 atom stereocenters. The van der Waals surface area contributed by atoms with Crippen LogP contribution in [0.25, 0.3) is 0 Å². The Balaban J connectivity index is 2.20. The van der Waals surface area contributed by atoms with Crippen LogP contribution in [0.15, 0.2) is 18.2 Å². The van der Waals surface area contributed by atoms with Crippen LogP contribution in [0.3, 0.4) is 0 Å². The van der Waals surface area contributed by atoms with Crippen molar-refractivity contribution >= 4 is 0 Å². The maximum atomic E-state index is 5.62. The van der Waals surface area contributed by atoms with Crippen LogP contribution in [0.4, 0.5) is 0 Å². The molecule has 1 saturated carbocycles. The van der Waals surface area contributed by atoms with Crippen LogP contribution >= 0.6 is 0 Å². The van der Waals surface area contributed by atoms with Crippen molar-refractivity contribution in [2.75, 3.05) is 20.8 Å². The van der Waals surface area contributed by atoms with E-state index in [1.54, 1.807) is 14.2 Å². The molecule has 1 N–H and O–H groups in total. The van der Waals surface area contributed by atoms with Gasteiger partial charge in [0.1, 0.15) is 0 Å². The minimum atomic E-state index is 0.350. The van der Waals surface area contributed by atoms with Crippen LogP contribution in [0.1, 0.15) is 57.1 Å². The van der Waals surface area contributed by atoms with E-state index in [0.29, 0.717) is 6.04 Å². The first-order chi connectivity index (χ1) is 10.3. The molecule has 3 nitrogen and oxygen atoms in total. The molecule has 3 heteroatoms. The molecule has 1 aromatic rings. The zero-order chi connectivity index (χ0) is 15.1. The Bertz CT molecular complexity index is 427.